The summed E-state index contributed by atoms with van der Waals surface area (Å²) in [7, 11) is 0. The van der Waals surface area contributed by atoms with Gasteiger partial charge in [0.25, 0.3) is 5.91 Å². The van der Waals surface area contributed by atoms with Crippen LogP contribution in [0, 0.1) is 26.7 Å². The third-order valence-corrected chi connectivity index (χ3v) is 7.63. The number of carbonyl (C=O) groups is 2. The Morgan fingerprint density at radius 3 is 2.72 bits per heavy atom. The van der Waals surface area contributed by atoms with Crippen LogP contribution in [0.25, 0.3) is 10.9 Å². The van der Waals surface area contributed by atoms with E-state index >= 15 is 0 Å². The third-order valence-electron chi connectivity index (χ3n) is 7.63. The number of aromatic nitrogens is 1. The molecule has 7 nitrogen and oxygen atoms in total. The molecule has 3 aromatic rings. The highest BCUT2D eigenvalue weighted by atomic mass is 16.5. The van der Waals surface area contributed by atoms with Gasteiger partial charge >= 0.3 is 0 Å². The van der Waals surface area contributed by atoms with Crippen LogP contribution in [0.4, 0.5) is 0 Å². The molecular weight excluding hydrogens is 488 g/mol. The number of benzene rings is 2. The third kappa shape index (κ3) is 7.41. The molecule has 0 unspecified atom stereocenters. The molecule has 0 saturated carbocycles. The normalized spacial score (nSPS) is 15.6. The van der Waals surface area contributed by atoms with Crippen molar-refractivity contribution >= 4 is 22.7 Å². The average Bonchev–Trinajstić information content (AvgIpc) is 3.19. The van der Waals surface area contributed by atoms with Crippen molar-refractivity contribution in [2.24, 2.45) is 5.92 Å². The fraction of sp³-hybridized carbons (Fsp3) is 0.500. The number of aryl methyl sites for hydroxylation is 3. The number of carbonyl (C=O) groups excluding carboxylic acids is 2. The summed E-state index contributed by atoms with van der Waals surface area (Å²) in [5, 5.41) is 7.43. The number of hydrogen-bond acceptors (Lipinski definition) is 4. The van der Waals surface area contributed by atoms with Crippen LogP contribution in [0.1, 0.15) is 77.8 Å². The fourth-order valence-corrected chi connectivity index (χ4v) is 5.23. The predicted molar refractivity (Wildman–Crippen MR) is 157 cm³/mol. The lowest BCUT2D eigenvalue weighted by atomic mass is 10.0. The second-order valence-electron chi connectivity index (χ2n) is 11.3. The maximum absolute atomic E-state index is 13.7. The second-order valence-corrected chi connectivity index (χ2v) is 11.3. The van der Waals surface area contributed by atoms with Crippen LogP contribution >= 0.6 is 0 Å². The van der Waals surface area contributed by atoms with Gasteiger partial charge in [0.15, 0.2) is 0 Å². The topological polar surface area (TPSA) is 86.5 Å². The van der Waals surface area contributed by atoms with Crippen LogP contribution in [0.15, 0.2) is 30.3 Å². The van der Waals surface area contributed by atoms with Crippen LogP contribution in [0.2, 0.25) is 0 Å². The Balaban J connectivity index is 1.62. The van der Waals surface area contributed by atoms with Gasteiger partial charge in [-0.15, -0.1) is 0 Å². The predicted octanol–water partition coefficient (Wildman–Crippen LogP) is 5.55. The summed E-state index contributed by atoms with van der Waals surface area (Å²) in [4.78, 5) is 32.0. The van der Waals surface area contributed by atoms with Crippen LogP contribution < -0.4 is 15.4 Å². The van der Waals surface area contributed by atoms with E-state index in [-0.39, 0.29) is 11.8 Å². The van der Waals surface area contributed by atoms with Gasteiger partial charge in [0.1, 0.15) is 5.75 Å². The molecule has 1 aromatic heterocycles. The van der Waals surface area contributed by atoms with E-state index in [9.17, 15) is 9.59 Å². The molecule has 2 aromatic carbocycles. The number of rotatable bonds is 6. The van der Waals surface area contributed by atoms with Crippen molar-refractivity contribution in [1.29, 1.82) is 0 Å². The van der Waals surface area contributed by atoms with Gasteiger partial charge in [-0.05, 0) is 88.2 Å². The lowest BCUT2D eigenvalue weighted by Crippen LogP contribution is -2.38. The average molecular weight is 533 g/mol. The summed E-state index contributed by atoms with van der Waals surface area (Å²) in [6, 6.07) is 10.0. The van der Waals surface area contributed by atoms with Gasteiger partial charge in [-0.2, -0.15) is 0 Å². The highest BCUT2D eigenvalue weighted by Gasteiger charge is 2.21. The lowest BCUT2D eigenvalue weighted by molar-refractivity contribution is -0.122. The van der Waals surface area contributed by atoms with Crippen molar-refractivity contribution in [1.82, 2.24) is 20.5 Å². The zero-order valence-corrected chi connectivity index (χ0v) is 24.2. The van der Waals surface area contributed by atoms with E-state index in [1.54, 1.807) is 0 Å². The number of H-pyrrole nitrogens is 1. The number of hydrogen-bond donors (Lipinski definition) is 3. The summed E-state index contributed by atoms with van der Waals surface area (Å²) in [5.41, 5.74) is 7.13. The number of amides is 2. The van der Waals surface area contributed by atoms with Crippen LogP contribution in [-0.4, -0.2) is 47.9 Å². The Bertz CT molecular complexity index is 1310. The molecule has 2 heterocycles. The highest BCUT2D eigenvalue weighted by Crippen LogP contribution is 2.28. The maximum atomic E-state index is 13.7. The minimum absolute atomic E-state index is 0.0300. The summed E-state index contributed by atoms with van der Waals surface area (Å²) in [6.45, 7) is 13.9. The van der Waals surface area contributed by atoms with E-state index in [1.807, 2.05) is 18.2 Å². The fourth-order valence-electron chi connectivity index (χ4n) is 5.23. The van der Waals surface area contributed by atoms with Gasteiger partial charge in [-0.1, -0.05) is 31.5 Å². The van der Waals surface area contributed by atoms with Crippen LogP contribution in [-0.2, 0) is 17.9 Å². The molecule has 0 fully saturated rings. The van der Waals surface area contributed by atoms with E-state index in [2.05, 4.69) is 67.3 Å². The molecule has 210 valence electrons. The second kappa shape index (κ2) is 13.2. The van der Waals surface area contributed by atoms with Crippen molar-refractivity contribution < 1.29 is 14.3 Å². The summed E-state index contributed by atoms with van der Waals surface area (Å²) >= 11 is 0. The van der Waals surface area contributed by atoms with Crippen molar-refractivity contribution in [2.45, 2.75) is 73.4 Å². The first kappa shape index (κ1) is 28.7. The monoisotopic (exact) mass is 532 g/mol. The molecule has 0 spiro atoms. The lowest BCUT2D eigenvalue weighted by Gasteiger charge is -2.25. The molecule has 3 N–H and O–H groups in total. The Labute approximate surface area is 232 Å². The molecule has 4 rings (SSSR count). The molecule has 39 heavy (non-hydrogen) atoms. The molecule has 0 radical (unpaired) electrons. The molecular formula is C32H44N4O3. The van der Waals surface area contributed by atoms with E-state index in [0.717, 1.165) is 60.3 Å². The van der Waals surface area contributed by atoms with Gasteiger partial charge < -0.3 is 20.4 Å². The van der Waals surface area contributed by atoms with Gasteiger partial charge in [0.05, 0.1) is 18.7 Å². The first-order valence-corrected chi connectivity index (χ1v) is 14.3. The molecule has 0 saturated heterocycles. The smallest absolute Gasteiger partial charge is 0.252 e. The summed E-state index contributed by atoms with van der Waals surface area (Å²) in [5.74, 6) is 1.13. The molecule has 7 heteroatoms. The number of nitrogens with one attached hydrogen (secondary N) is 3. The SMILES string of the molecule is Cc1cc(CNC(=O)c2cccc3c2CN(CCC(C)C)CC(=O)NCCCCCO3)c2[nH]c(C)c(C)c2c1. The number of ether oxygens (including phenoxy) is 1. The summed E-state index contributed by atoms with van der Waals surface area (Å²) < 4.78 is 6.23. The zero-order chi connectivity index (χ0) is 27.9. The number of fused-ring (bicyclic) bond motifs is 2. The quantitative estimate of drug-likeness (QED) is 0.389. The molecule has 1 aliphatic heterocycles. The standard InChI is InChI=1S/C32H44N4O3/c1-21(2)12-14-36-19-28-26(10-9-11-29(28)39-15-8-6-7-13-33-30(37)20-36)32(38)34-18-25-16-22(3)17-27-23(4)24(5)35-31(25)27/h9-11,16-17,21,35H,6-8,12-15,18-20H2,1-5H3,(H,33,37)(H,34,38). The minimum Gasteiger partial charge on any atom is -0.493 e. The zero-order valence-electron chi connectivity index (χ0n) is 24.2. The van der Waals surface area contributed by atoms with Crippen LogP contribution in [0.5, 0.6) is 5.75 Å². The van der Waals surface area contributed by atoms with Crippen molar-refractivity contribution in [3.05, 3.63) is 63.8 Å². The Morgan fingerprint density at radius 1 is 1.10 bits per heavy atom. The molecule has 1 aliphatic rings. The molecule has 0 bridgehead atoms. The molecule has 0 aliphatic carbocycles. The first-order valence-electron chi connectivity index (χ1n) is 14.3. The van der Waals surface area contributed by atoms with Crippen molar-refractivity contribution in [2.75, 3.05) is 26.2 Å². The van der Waals surface area contributed by atoms with Gasteiger partial charge in [0.2, 0.25) is 5.91 Å². The Morgan fingerprint density at radius 2 is 1.92 bits per heavy atom. The van der Waals surface area contributed by atoms with Gasteiger partial charge in [0, 0.05) is 41.8 Å². The van der Waals surface area contributed by atoms with Crippen molar-refractivity contribution in [3.63, 3.8) is 0 Å². The number of nitrogens with zero attached hydrogens (tertiary/aromatic N) is 1. The van der Waals surface area contributed by atoms with Crippen molar-refractivity contribution in [3.8, 4) is 5.75 Å². The Hall–Kier alpha value is -3.32. The Kier molecular flexibility index (Phi) is 9.68. The van der Waals surface area contributed by atoms with Crippen LogP contribution in [0.3, 0.4) is 0 Å². The van der Waals surface area contributed by atoms with E-state index in [4.69, 9.17) is 4.74 Å². The maximum Gasteiger partial charge on any atom is 0.252 e. The van der Waals surface area contributed by atoms with Gasteiger partial charge in [-0.25, -0.2) is 0 Å². The first-order chi connectivity index (χ1) is 18.7. The largest absolute Gasteiger partial charge is 0.493 e. The summed E-state index contributed by atoms with van der Waals surface area (Å²) in [6.07, 6.45) is 3.79. The highest BCUT2D eigenvalue weighted by molar-refractivity contribution is 5.97. The molecule has 2 amide bonds. The van der Waals surface area contributed by atoms with E-state index < -0.39 is 0 Å². The van der Waals surface area contributed by atoms with Gasteiger partial charge in [-0.3, -0.25) is 14.5 Å². The molecule has 0 atom stereocenters. The number of aromatic amines is 1. The van der Waals surface area contributed by atoms with E-state index in [1.165, 1.54) is 16.5 Å². The van der Waals surface area contributed by atoms with E-state index in [0.29, 0.717) is 44.3 Å². The minimum atomic E-state index is -0.136.